The van der Waals surface area contributed by atoms with Crippen LogP contribution in [0.5, 0.6) is 0 Å². The summed E-state index contributed by atoms with van der Waals surface area (Å²) in [5.41, 5.74) is 2.37. The quantitative estimate of drug-likeness (QED) is 0.573. The maximum Gasteiger partial charge on any atom is 0.161 e. The Labute approximate surface area is 115 Å². The number of ketones is 1. The van der Waals surface area contributed by atoms with Gasteiger partial charge in [-0.3, -0.25) is 4.79 Å². The summed E-state index contributed by atoms with van der Waals surface area (Å²) in [4.78, 5) is 11.4. The van der Waals surface area contributed by atoms with Crippen LogP contribution in [-0.4, -0.2) is 5.78 Å². The van der Waals surface area contributed by atoms with E-state index in [0.717, 1.165) is 15.6 Å². The highest BCUT2D eigenvalue weighted by atomic mass is 79.9. The molecule has 0 unspecified atom stereocenters. The zero-order valence-corrected chi connectivity index (χ0v) is 11.5. The minimum Gasteiger partial charge on any atom is -0.294 e. The van der Waals surface area contributed by atoms with Crippen LogP contribution in [0.4, 0.5) is 0 Å². The molecule has 88 valence electrons. The van der Waals surface area contributed by atoms with Crippen LogP contribution in [0.15, 0.2) is 53.0 Å². The largest absolute Gasteiger partial charge is 0.294 e. The van der Waals surface area contributed by atoms with E-state index in [2.05, 4.69) is 27.8 Å². The zero-order valence-electron chi connectivity index (χ0n) is 9.91. The Kier molecular flexibility index (Phi) is 3.96. The summed E-state index contributed by atoms with van der Waals surface area (Å²) in [7, 11) is 0. The number of halogens is 1. The number of benzene rings is 2. The first-order valence-electron chi connectivity index (χ1n) is 5.54. The van der Waals surface area contributed by atoms with Crippen molar-refractivity contribution in [2.75, 3.05) is 0 Å². The maximum atomic E-state index is 11.4. The van der Waals surface area contributed by atoms with Crippen LogP contribution in [0.2, 0.25) is 0 Å². The third-order valence-corrected chi connectivity index (χ3v) is 3.02. The van der Waals surface area contributed by atoms with Crippen LogP contribution in [0.3, 0.4) is 0 Å². The molecule has 2 rings (SSSR count). The minimum absolute atomic E-state index is 0.0377. The van der Waals surface area contributed by atoms with Gasteiger partial charge in [-0.25, -0.2) is 0 Å². The summed E-state index contributed by atoms with van der Waals surface area (Å²) >= 11 is 3.38. The fourth-order valence-electron chi connectivity index (χ4n) is 1.57. The molecule has 2 heteroatoms. The molecule has 0 amide bonds. The first-order valence-corrected chi connectivity index (χ1v) is 6.33. The Morgan fingerprint density at radius 2 is 1.67 bits per heavy atom. The van der Waals surface area contributed by atoms with Gasteiger partial charge in [0.1, 0.15) is 0 Å². The van der Waals surface area contributed by atoms with E-state index in [-0.39, 0.29) is 5.78 Å². The average Bonchev–Trinajstić information content (AvgIpc) is 2.38. The SMILES string of the molecule is CC(=O)c1ccccc1C#Cc1ccc(Br)cc1. The second-order valence-corrected chi connectivity index (χ2v) is 4.77. The molecule has 0 aromatic heterocycles. The van der Waals surface area contributed by atoms with E-state index in [1.165, 1.54) is 0 Å². The van der Waals surface area contributed by atoms with Crippen molar-refractivity contribution in [1.82, 2.24) is 0 Å². The van der Waals surface area contributed by atoms with Gasteiger partial charge in [0.05, 0.1) is 0 Å². The third-order valence-electron chi connectivity index (χ3n) is 2.49. The molecule has 0 fully saturated rings. The molecule has 0 aliphatic heterocycles. The highest BCUT2D eigenvalue weighted by Gasteiger charge is 2.02. The molecule has 0 saturated carbocycles. The average molecular weight is 299 g/mol. The van der Waals surface area contributed by atoms with Crippen molar-refractivity contribution >= 4 is 21.7 Å². The minimum atomic E-state index is 0.0377. The first kappa shape index (κ1) is 12.6. The topological polar surface area (TPSA) is 17.1 Å². The molecule has 0 atom stereocenters. The fraction of sp³-hybridized carbons (Fsp3) is 0.0625. The lowest BCUT2D eigenvalue weighted by atomic mass is 10.0. The molecule has 18 heavy (non-hydrogen) atoms. The number of hydrogen-bond acceptors (Lipinski definition) is 1. The highest BCUT2D eigenvalue weighted by Crippen LogP contribution is 2.11. The fourth-order valence-corrected chi connectivity index (χ4v) is 1.84. The van der Waals surface area contributed by atoms with E-state index in [1.54, 1.807) is 13.0 Å². The Bertz CT molecular complexity index is 630. The molecule has 2 aromatic carbocycles. The maximum absolute atomic E-state index is 11.4. The lowest BCUT2D eigenvalue weighted by molar-refractivity contribution is 0.101. The molecule has 0 bridgehead atoms. The molecule has 2 aromatic rings. The van der Waals surface area contributed by atoms with Gasteiger partial charge in [0.15, 0.2) is 5.78 Å². The molecule has 0 spiro atoms. The number of carbonyl (C=O) groups excluding carboxylic acids is 1. The summed E-state index contributed by atoms with van der Waals surface area (Å²) < 4.78 is 1.03. The predicted molar refractivity (Wildman–Crippen MR) is 76.6 cm³/mol. The lowest BCUT2D eigenvalue weighted by Gasteiger charge is -1.98. The van der Waals surface area contributed by atoms with Gasteiger partial charge < -0.3 is 0 Å². The van der Waals surface area contributed by atoms with E-state index in [1.807, 2.05) is 42.5 Å². The molecule has 0 saturated heterocycles. The van der Waals surface area contributed by atoms with E-state index in [4.69, 9.17) is 0 Å². The highest BCUT2D eigenvalue weighted by molar-refractivity contribution is 9.10. The summed E-state index contributed by atoms with van der Waals surface area (Å²) in [5, 5.41) is 0. The van der Waals surface area contributed by atoms with Crippen LogP contribution < -0.4 is 0 Å². The van der Waals surface area contributed by atoms with Gasteiger partial charge in [-0.05, 0) is 37.3 Å². The van der Waals surface area contributed by atoms with E-state index in [9.17, 15) is 4.79 Å². The monoisotopic (exact) mass is 298 g/mol. The number of hydrogen-bond donors (Lipinski definition) is 0. The Balaban J connectivity index is 2.35. The molecular formula is C16H11BrO. The van der Waals surface area contributed by atoms with Crippen LogP contribution >= 0.6 is 15.9 Å². The summed E-state index contributed by atoms with van der Waals surface area (Å²) in [6, 6.07) is 15.2. The lowest BCUT2D eigenvalue weighted by Crippen LogP contribution is -1.95. The van der Waals surface area contributed by atoms with Crippen molar-refractivity contribution in [3.8, 4) is 11.8 Å². The zero-order chi connectivity index (χ0) is 13.0. The van der Waals surface area contributed by atoms with Crippen molar-refractivity contribution in [2.24, 2.45) is 0 Å². The molecule has 1 nitrogen and oxygen atoms in total. The first-order chi connectivity index (χ1) is 8.66. The van der Waals surface area contributed by atoms with Crippen LogP contribution in [0.25, 0.3) is 0 Å². The number of rotatable bonds is 1. The van der Waals surface area contributed by atoms with Crippen molar-refractivity contribution in [3.05, 3.63) is 69.7 Å². The normalized spacial score (nSPS) is 9.44. The Hall–Kier alpha value is -1.85. The van der Waals surface area contributed by atoms with Gasteiger partial charge in [-0.2, -0.15) is 0 Å². The summed E-state index contributed by atoms with van der Waals surface area (Å²) in [6.07, 6.45) is 0. The van der Waals surface area contributed by atoms with Crippen molar-refractivity contribution in [3.63, 3.8) is 0 Å². The van der Waals surface area contributed by atoms with Gasteiger partial charge in [0.25, 0.3) is 0 Å². The summed E-state index contributed by atoms with van der Waals surface area (Å²) in [5.74, 6) is 6.14. The van der Waals surface area contributed by atoms with Crippen LogP contribution in [0, 0.1) is 11.8 Å². The van der Waals surface area contributed by atoms with Gasteiger partial charge in [0, 0.05) is 21.2 Å². The van der Waals surface area contributed by atoms with Crippen molar-refractivity contribution < 1.29 is 4.79 Å². The number of Topliss-reactive ketones (excluding diaryl/α,β-unsaturated/α-hetero) is 1. The predicted octanol–water partition coefficient (Wildman–Crippen LogP) is 4.05. The van der Waals surface area contributed by atoms with Gasteiger partial charge in [-0.15, -0.1) is 0 Å². The molecular weight excluding hydrogens is 288 g/mol. The molecule has 0 heterocycles. The van der Waals surface area contributed by atoms with E-state index in [0.29, 0.717) is 5.56 Å². The van der Waals surface area contributed by atoms with Gasteiger partial charge in [0.2, 0.25) is 0 Å². The van der Waals surface area contributed by atoms with Crippen molar-refractivity contribution in [1.29, 1.82) is 0 Å². The summed E-state index contributed by atoms with van der Waals surface area (Å²) in [6.45, 7) is 1.56. The van der Waals surface area contributed by atoms with Gasteiger partial charge in [-0.1, -0.05) is 46.0 Å². The van der Waals surface area contributed by atoms with E-state index < -0.39 is 0 Å². The Morgan fingerprint density at radius 3 is 2.33 bits per heavy atom. The standard InChI is InChI=1S/C16H11BrO/c1-12(18)16-5-3-2-4-14(16)9-6-13-7-10-15(17)11-8-13/h2-5,7-8,10-11H,1H3. The third kappa shape index (κ3) is 3.09. The molecule has 0 aliphatic rings. The number of carbonyl (C=O) groups is 1. The molecule has 0 radical (unpaired) electrons. The smallest absolute Gasteiger partial charge is 0.161 e. The van der Waals surface area contributed by atoms with Crippen LogP contribution in [-0.2, 0) is 0 Å². The van der Waals surface area contributed by atoms with E-state index >= 15 is 0 Å². The second-order valence-electron chi connectivity index (χ2n) is 3.86. The Morgan fingerprint density at radius 1 is 1.00 bits per heavy atom. The van der Waals surface area contributed by atoms with Crippen LogP contribution in [0.1, 0.15) is 28.4 Å². The molecule has 0 N–H and O–H groups in total. The second kappa shape index (κ2) is 5.66. The van der Waals surface area contributed by atoms with Crippen molar-refractivity contribution in [2.45, 2.75) is 6.92 Å². The van der Waals surface area contributed by atoms with Gasteiger partial charge >= 0.3 is 0 Å². The molecule has 0 aliphatic carbocycles.